The van der Waals surface area contributed by atoms with E-state index < -0.39 is 17.2 Å². The maximum atomic E-state index is 13.0. The molecule has 0 saturated heterocycles. The largest absolute Gasteiger partial charge is 0.457 e. The summed E-state index contributed by atoms with van der Waals surface area (Å²) in [6, 6.07) is 5.83. The second-order valence-electron chi connectivity index (χ2n) is 10.8. The van der Waals surface area contributed by atoms with Crippen molar-refractivity contribution in [2.24, 2.45) is 17.3 Å². The van der Waals surface area contributed by atoms with Gasteiger partial charge in [0.2, 0.25) is 6.79 Å². The number of allylic oxidation sites excluding steroid dienone is 4. The lowest BCUT2D eigenvalue weighted by Crippen LogP contribution is -2.51. The number of ketones is 1. The molecule has 6 rings (SSSR count). The Hall–Kier alpha value is -2.72. The molecule has 0 bridgehead atoms. The number of fused-ring (bicyclic) bond motifs is 5. The van der Waals surface area contributed by atoms with E-state index in [9.17, 15) is 23.1 Å². The van der Waals surface area contributed by atoms with Gasteiger partial charge in [-0.05, 0) is 85.3 Å². The predicted octanol–water partition coefficient (Wildman–Crippen LogP) is 5.61. The normalized spacial score (nSPS) is 35.5. The first-order valence-electron chi connectivity index (χ1n) is 12.3. The zero-order valence-electron chi connectivity index (χ0n) is 19.5. The molecule has 0 spiro atoms. The fourth-order valence-corrected chi connectivity index (χ4v) is 7.47. The van der Waals surface area contributed by atoms with Crippen LogP contribution in [0.15, 0.2) is 41.0 Å². The summed E-state index contributed by atoms with van der Waals surface area (Å²) in [5, 5.41) is 11.6. The standard InChI is InChI=1S/C28H27F3O4/c1-26-14-21(17-3-7-23-24(13-17)35-15-34-23)25-19-6-4-18(32)12-16(19)2-5-20(25)22(26)8-9-27(26,33)10-11-28(29,30)31/h3,7,12-13,20-22,33H,2,4-6,8-9,14-15H2,1H3/t20-,21+,22-,26-,27+/m0/s1. The van der Waals surface area contributed by atoms with E-state index in [1.807, 2.05) is 25.1 Å². The minimum absolute atomic E-state index is 0.0296. The molecule has 1 aromatic carbocycles. The maximum absolute atomic E-state index is 13.0. The SMILES string of the molecule is C[C@]12C[C@H](c3ccc4c(c3)OCO4)C3=C4CCC(=O)C=C4CC[C@H]3[C@@H]1CC[C@@]2(O)C#CC(F)(F)F. The average molecular weight is 485 g/mol. The van der Waals surface area contributed by atoms with Gasteiger partial charge < -0.3 is 14.6 Å². The molecule has 1 N–H and O–H groups in total. The van der Waals surface area contributed by atoms with Crippen LogP contribution in [-0.2, 0) is 4.79 Å². The van der Waals surface area contributed by atoms with E-state index in [-0.39, 0.29) is 36.8 Å². The molecule has 184 valence electrons. The van der Waals surface area contributed by atoms with E-state index in [0.717, 1.165) is 24.0 Å². The summed E-state index contributed by atoms with van der Waals surface area (Å²) in [5.74, 6) is 5.18. The van der Waals surface area contributed by atoms with Crippen molar-refractivity contribution >= 4 is 5.78 Å². The van der Waals surface area contributed by atoms with E-state index in [4.69, 9.17) is 9.47 Å². The first-order valence-corrected chi connectivity index (χ1v) is 12.3. The number of rotatable bonds is 1. The van der Waals surface area contributed by atoms with Gasteiger partial charge in [-0.2, -0.15) is 13.2 Å². The molecule has 1 heterocycles. The number of benzene rings is 1. The summed E-state index contributed by atoms with van der Waals surface area (Å²) in [6.07, 6.45) is 1.25. The van der Waals surface area contributed by atoms with Crippen molar-refractivity contribution in [2.45, 2.75) is 69.6 Å². The third-order valence-corrected chi connectivity index (χ3v) is 9.10. The highest BCUT2D eigenvalue weighted by molar-refractivity contribution is 5.93. The van der Waals surface area contributed by atoms with Crippen LogP contribution in [-0.4, -0.2) is 29.5 Å². The van der Waals surface area contributed by atoms with Crippen molar-refractivity contribution < 1.29 is 32.5 Å². The molecular formula is C28H27F3O4. The highest BCUT2D eigenvalue weighted by Crippen LogP contribution is 2.66. The van der Waals surface area contributed by atoms with Gasteiger partial charge in [0.25, 0.3) is 0 Å². The van der Waals surface area contributed by atoms with Crippen LogP contribution in [0.25, 0.3) is 0 Å². The van der Waals surface area contributed by atoms with Gasteiger partial charge in [-0.25, -0.2) is 0 Å². The number of hydrogen-bond donors (Lipinski definition) is 1. The third kappa shape index (κ3) is 3.52. The molecule has 4 aliphatic carbocycles. The Bertz CT molecular complexity index is 1230. The first kappa shape index (κ1) is 22.7. The van der Waals surface area contributed by atoms with Crippen LogP contribution >= 0.6 is 0 Å². The quantitative estimate of drug-likeness (QED) is 0.527. The van der Waals surface area contributed by atoms with Crippen molar-refractivity contribution in [1.82, 2.24) is 0 Å². The van der Waals surface area contributed by atoms with Gasteiger partial charge >= 0.3 is 6.18 Å². The molecule has 35 heavy (non-hydrogen) atoms. The predicted molar refractivity (Wildman–Crippen MR) is 122 cm³/mol. The number of ether oxygens (including phenoxy) is 2. The fraction of sp³-hybridized carbons (Fsp3) is 0.536. The summed E-state index contributed by atoms with van der Waals surface area (Å²) < 4.78 is 50.2. The zero-order valence-corrected chi connectivity index (χ0v) is 19.5. The molecule has 5 aliphatic rings. The number of alkyl halides is 3. The number of carbonyl (C=O) groups excluding carboxylic acids is 1. The minimum Gasteiger partial charge on any atom is -0.454 e. The maximum Gasteiger partial charge on any atom is 0.457 e. The van der Waals surface area contributed by atoms with Gasteiger partial charge in [-0.3, -0.25) is 4.79 Å². The first-order chi connectivity index (χ1) is 16.6. The Morgan fingerprint density at radius 3 is 2.71 bits per heavy atom. The monoisotopic (exact) mass is 484 g/mol. The van der Waals surface area contributed by atoms with Crippen LogP contribution in [0, 0.1) is 29.1 Å². The van der Waals surface area contributed by atoms with Crippen molar-refractivity contribution in [3.8, 4) is 23.3 Å². The van der Waals surface area contributed by atoms with Gasteiger partial charge in [0, 0.05) is 23.7 Å². The number of halogens is 3. The van der Waals surface area contributed by atoms with Crippen molar-refractivity contribution in [1.29, 1.82) is 0 Å². The average Bonchev–Trinajstić information content (AvgIpc) is 3.38. The van der Waals surface area contributed by atoms with Crippen molar-refractivity contribution in [3.63, 3.8) is 0 Å². The van der Waals surface area contributed by atoms with E-state index in [1.165, 1.54) is 17.1 Å². The Kier molecular flexibility index (Phi) is 4.96. The molecule has 2 fully saturated rings. The van der Waals surface area contributed by atoms with Crippen LogP contribution in [0.5, 0.6) is 11.5 Å². The lowest BCUT2D eigenvalue weighted by atomic mass is 9.51. The molecular weight excluding hydrogens is 457 g/mol. The molecule has 0 radical (unpaired) electrons. The zero-order chi connectivity index (χ0) is 24.6. The van der Waals surface area contributed by atoms with Gasteiger partial charge in [0.1, 0.15) is 5.60 Å². The van der Waals surface area contributed by atoms with E-state index >= 15 is 0 Å². The van der Waals surface area contributed by atoms with Crippen molar-refractivity contribution in [3.05, 3.63) is 46.6 Å². The molecule has 0 amide bonds. The summed E-state index contributed by atoms with van der Waals surface area (Å²) in [4.78, 5) is 12.2. The van der Waals surface area contributed by atoms with Crippen LogP contribution in [0.1, 0.15) is 63.4 Å². The second kappa shape index (κ2) is 7.64. The summed E-state index contributed by atoms with van der Waals surface area (Å²) in [7, 11) is 0. The highest BCUT2D eigenvalue weighted by atomic mass is 19.4. The van der Waals surface area contributed by atoms with Gasteiger partial charge in [-0.15, -0.1) is 0 Å². The highest BCUT2D eigenvalue weighted by Gasteiger charge is 2.62. The fourth-order valence-electron chi connectivity index (χ4n) is 7.47. The molecule has 1 aromatic rings. The third-order valence-electron chi connectivity index (χ3n) is 9.10. The summed E-state index contributed by atoms with van der Waals surface area (Å²) >= 11 is 0. The molecule has 4 nitrogen and oxygen atoms in total. The number of hydrogen-bond acceptors (Lipinski definition) is 4. The Morgan fingerprint density at radius 2 is 1.91 bits per heavy atom. The van der Waals surface area contributed by atoms with Crippen molar-refractivity contribution in [2.75, 3.05) is 6.79 Å². The number of carbonyl (C=O) groups is 1. The van der Waals surface area contributed by atoms with E-state index in [2.05, 4.69) is 5.92 Å². The van der Waals surface area contributed by atoms with E-state index in [1.54, 1.807) is 6.08 Å². The van der Waals surface area contributed by atoms with Crippen LogP contribution in [0.4, 0.5) is 13.2 Å². The lowest BCUT2D eigenvalue weighted by molar-refractivity contribution is -0.114. The molecule has 2 saturated carbocycles. The Morgan fingerprint density at radius 1 is 1.11 bits per heavy atom. The molecule has 5 atom stereocenters. The molecule has 7 heteroatoms. The Labute approximate surface area is 202 Å². The van der Waals surface area contributed by atoms with Gasteiger partial charge in [-0.1, -0.05) is 24.5 Å². The molecule has 1 aliphatic heterocycles. The van der Waals surface area contributed by atoms with Gasteiger partial charge in [0.05, 0.1) is 0 Å². The lowest BCUT2D eigenvalue weighted by Gasteiger charge is -2.53. The topological polar surface area (TPSA) is 55.8 Å². The summed E-state index contributed by atoms with van der Waals surface area (Å²) in [6.45, 7) is 2.08. The smallest absolute Gasteiger partial charge is 0.454 e. The van der Waals surface area contributed by atoms with Crippen LogP contribution < -0.4 is 9.47 Å². The molecule has 0 unspecified atom stereocenters. The second-order valence-corrected chi connectivity index (χ2v) is 10.8. The number of aliphatic hydroxyl groups is 1. The molecule has 0 aromatic heterocycles. The summed E-state index contributed by atoms with van der Waals surface area (Å²) in [5.41, 5.74) is 2.12. The van der Waals surface area contributed by atoms with Crippen LogP contribution in [0.2, 0.25) is 0 Å². The van der Waals surface area contributed by atoms with E-state index in [0.29, 0.717) is 37.2 Å². The van der Waals surface area contributed by atoms with Crippen LogP contribution in [0.3, 0.4) is 0 Å². The Balaban J connectivity index is 1.51. The minimum atomic E-state index is -4.65. The van der Waals surface area contributed by atoms with Gasteiger partial charge in [0.15, 0.2) is 17.3 Å².